The fourth-order valence-corrected chi connectivity index (χ4v) is 4.72. The molecule has 3 N–H and O–H groups in total. The third-order valence-corrected chi connectivity index (χ3v) is 6.94. The molecule has 1 heterocycles. The highest BCUT2D eigenvalue weighted by Crippen LogP contribution is 2.23. The van der Waals surface area contributed by atoms with Gasteiger partial charge in [-0.2, -0.15) is 0 Å². The number of nitrogens with one attached hydrogen (secondary N) is 3. The van der Waals surface area contributed by atoms with E-state index in [0.29, 0.717) is 12.4 Å². The quantitative estimate of drug-likeness (QED) is 0.249. The van der Waals surface area contributed by atoms with Gasteiger partial charge in [-0.1, -0.05) is 29.8 Å². The molecule has 2 aromatic carbocycles. The first-order valence-corrected chi connectivity index (χ1v) is 14.3. The Hall–Kier alpha value is -4.20. The van der Waals surface area contributed by atoms with Crippen molar-refractivity contribution < 1.29 is 37.0 Å². The summed E-state index contributed by atoms with van der Waals surface area (Å²) < 4.78 is 43.3. The molecular formula is C27H29ClN4O8S. The van der Waals surface area contributed by atoms with E-state index >= 15 is 0 Å². The molecule has 0 fully saturated rings. The molecule has 12 nitrogen and oxygen atoms in total. The SMILES string of the molecule is CC(C)OCCNC(=O)Oc1ccc(C(=O)NS(=O)(=O)c2ccc(C(=O)NCCOc3ccccc3)cc2Cl)cn1. The number of nitrogens with zero attached hydrogens (tertiary/aromatic N) is 1. The largest absolute Gasteiger partial charge is 0.492 e. The summed E-state index contributed by atoms with van der Waals surface area (Å²) in [6, 6.07) is 15.1. The second-order valence-corrected chi connectivity index (χ2v) is 10.7. The number of hydrogen-bond acceptors (Lipinski definition) is 9. The number of benzene rings is 2. The number of amides is 3. The number of carbonyl (C=O) groups excluding carboxylic acids is 3. The number of pyridine rings is 1. The highest BCUT2D eigenvalue weighted by atomic mass is 35.5. The van der Waals surface area contributed by atoms with Crippen LogP contribution in [0.5, 0.6) is 11.6 Å². The summed E-state index contributed by atoms with van der Waals surface area (Å²) in [6.07, 6.45) is 0.304. The first-order chi connectivity index (χ1) is 19.5. The topological polar surface area (TPSA) is 162 Å². The summed E-state index contributed by atoms with van der Waals surface area (Å²) >= 11 is 6.15. The first-order valence-electron chi connectivity index (χ1n) is 12.4. The molecule has 41 heavy (non-hydrogen) atoms. The van der Waals surface area contributed by atoms with Crippen molar-refractivity contribution in [3.63, 3.8) is 0 Å². The zero-order valence-corrected chi connectivity index (χ0v) is 23.8. The summed E-state index contributed by atoms with van der Waals surface area (Å²) in [6.45, 7) is 4.69. The van der Waals surface area contributed by atoms with Crippen molar-refractivity contribution >= 4 is 39.5 Å². The molecule has 0 saturated carbocycles. The molecule has 0 unspecified atom stereocenters. The molecule has 0 aliphatic rings. The second kappa shape index (κ2) is 15.0. The van der Waals surface area contributed by atoms with Crippen LogP contribution in [0.3, 0.4) is 0 Å². The van der Waals surface area contributed by atoms with Crippen molar-refractivity contribution in [3.8, 4) is 11.6 Å². The summed E-state index contributed by atoms with van der Waals surface area (Å²) in [5.74, 6) is -0.916. The summed E-state index contributed by atoms with van der Waals surface area (Å²) in [7, 11) is -4.40. The molecule has 3 aromatic rings. The van der Waals surface area contributed by atoms with Crippen molar-refractivity contribution in [1.82, 2.24) is 20.3 Å². The molecule has 0 atom stereocenters. The van der Waals surface area contributed by atoms with Gasteiger partial charge in [0.2, 0.25) is 5.88 Å². The van der Waals surface area contributed by atoms with Crippen LogP contribution < -0.4 is 24.8 Å². The molecule has 0 aliphatic heterocycles. The fourth-order valence-electron chi connectivity index (χ4n) is 3.20. The van der Waals surface area contributed by atoms with Crippen LogP contribution in [0.4, 0.5) is 4.79 Å². The number of hydrogen-bond donors (Lipinski definition) is 3. The maximum atomic E-state index is 12.8. The Balaban J connectivity index is 1.52. The number of rotatable bonds is 13. The minimum Gasteiger partial charge on any atom is -0.492 e. The van der Waals surface area contributed by atoms with Gasteiger partial charge in [0.15, 0.2) is 0 Å². The molecule has 14 heteroatoms. The van der Waals surface area contributed by atoms with E-state index in [0.717, 1.165) is 12.3 Å². The van der Waals surface area contributed by atoms with Crippen LogP contribution in [0.25, 0.3) is 0 Å². The molecule has 0 saturated heterocycles. The number of aromatic nitrogens is 1. The molecule has 0 spiro atoms. The van der Waals surface area contributed by atoms with Gasteiger partial charge in [0.05, 0.1) is 29.8 Å². The maximum Gasteiger partial charge on any atom is 0.414 e. The normalized spacial score (nSPS) is 11.0. The van der Waals surface area contributed by atoms with E-state index in [1.165, 1.54) is 24.3 Å². The van der Waals surface area contributed by atoms with Gasteiger partial charge in [0, 0.05) is 24.4 Å². The van der Waals surface area contributed by atoms with Crippen LogP contribution in [0, 0.1) is 0 Å². The number of ether oxygens (including phenoxy) is 3. The highest BCUT2D eigenvalue weighted by molar-refractivity contribution is 7.90. The predicted molar refractivity (Wildman–Crippen MR) is 150 cm³/mol. The molecule has 1 aromatic heterocycles. The number of para-hydroxylation sites is 1. The minimum absolute atomic E-state index is 0.0234. The van der Waals surface area contributed by atoms with Crippen LogP contribution in [-0.4, -0.2) is 63.7 Å². The van der Waals surface area contributed by atoms with Crippen LogP contribution in [0.15, 0.2) is 71.8 Å². The second-order valence-electron chi connectivity index (χ2n) is 8.62. The third-order valence-electron chi connectivity index (χ3n) is 5.13. The van der Waals surface area contributed by atoms with Crippen molar-refractivity contribution in [2.24, 2.45) is 0 Å². The Bertz CT molecular complexity index is 1450. The lowest BCUT2D eigenvalue weighted by atomic mass is 10.2. The standard InChI is InChI=1S/C27H29ClN4O8S/c1-18(2)38-14-13-30-27(35)40-24-11-9-20(17-31-24)26(34)32-41(36,37)23-10-8-19(16-22(23)28)25(33)29-12-15-39-21-6-4-3-5-7-21/h3-11,16-18H,12-15H2,1-2H3,(H,29,33)(H,30,35)(H,32,34). The molecular weight excluding hydrogens is 576 g/mol. The van der Waals surface area contributed by atoms with Crippen molar-refractivity contribution in [2.45, 2.75) is 24.8 Å². The van der Waals surface area contributed by atoms with Crippen LogP contribution in [0.2, 0.25) is 5.02 Å². The van der Waals surface area contributed by atoms with Gasteiger partial charge in [0.25, 0.3) is 21.8 Å². The monoisotopic (exact) mass is 604 g/mol. The number of halogens is 1. The number of sulfonamides is 1. The smallest absolute Gasteiger partial charge is 0.414 e. The Morgan fingerprint density at radius 2 is 1.61 bits per heavy atom. The summed E-state index contributed by atoms with van der Waals surface area (Å²) in [4.78, 5) is 40.2. The van der Waals surface area contributed by atoms with Crippen molar-refractivity contribution in [2.75, 3.05) is 26.3 Å². The molecule has 0 bridgehead atoms. The van der Waals surface area contributed by atoms with Crippen molar-refractivity contribution in [1.29, 1.82) is 0 Å². The van der Waals surface area contributed by atoms with E-state index in [-0.39, 0.29) is 47.8 Å². The zero-order valence-electron chi connectivity index (χ0n) is 22.3. The Morgan fingerprint density at radius 3 is 2.27 bits per heavy atom. The number of carbonyl (C=O) groups is 3. The maximum absolute atomic E-state index is 12.8. The molecule has 0 aliphatic carbocycles. The summed E-state index contributed by atoms with van der Waals surface area (Å²) in [5.41, 5.74) is 0.00719. The van der Waals surface area contributed by atoms with E-state index in [2.05, 4.69) is 15.6 Å². The van der Waals surface area contributed by atoms with Gasteiger partial charge >= 0.3 is 6.09 Å². The van der Waals surface area contributed by atoms with Crippen molar-refractivity contribution in [3.05, 3.63) is 83.0 Å². The Kier molecular flexibility index (Phi) is 11.4. The van der Waals surface area contributed by atoms with E-state index in [9.17, 15) is 22.8 Å². The van der Waals surface area contributed by atoms with E-state index in [1.54, 1.807) is 12.1 Å². The van der Waals surface area contributed by atoms with Gasteiger partial charge in [-0.05, 0) is 50.2 Å². The van der Waals surface area contributed by atoms with Gasteiger partial charge in [-0.25, -0.2) is 22.9 Å². The molecule has 218 valence electrons. The van der Waals surface area contributed by atoms with Crippen LogP contribution in [-0.2, 0) is 14.8 Å². The Morgan fingerprint density at radius 1 is 0.902 bits per heavy atom. The van der Waals surface area contributed by atoms with Gasteiger partial charge in [0.1, 0.15) is 17.3 Å². The van der Waals surface area contributed by atoms with Gasteiger partial charge < -0.3 is 24.8 Å². The lowest BCUT2D eigenvalue weighted by Gasteiger charge is -2.11. The minimum atomic E-state index is -4.40. The Labute approximate surface area is 242 Å². The first kappa shape index (κ1) is 31.3. The molecule has 3 amide bonds. The highest BCUT2D eigenvalue weighted by Gasteiger charge is 2.23. The predicted octanol–water partition coefficient (Wildman–Crippen LogP) is 3.18. The average Bonchev–Trinajstić information content (AvgIpc) is 2.93. The third kappa shape index (κ3) is 10.0. The fraction of sp³-hybridized carbons (Fsp3) is 0.259. The van der Waals surface area contributed by atoms with Gasteiger partial charge in [-0.3, -0.25) is 9.59 Å². The molecule has 0 radical (unpaired) electrons. The van der Waals surface area contributed by atoms with Crippen LogP contribution in [0.1, 0.15) is 34.6 Å². The average molecular weight is 605 g/mol. The van der Waals surface area contributed by atoms with E-state index in [1.807, 2.05) is 36.8 Å². The zero-order chi connectivity index (χ0) is 29.8. The van der Waals surface area contributed by atoms with Crippen LogP contribution >= 0.6 is 11.6 Å². The van der Waals surface area contributed by atoms with E-state index in [4.69, 9.17) is 25.8 Å². The van der Waals surface area contributed by atoms with Gasteiger partial charge in [-0.15, -0.1) is 0 Å². The molecule has 3 rings (SSSR count). The summed E-state index contributed by atoms with van der Waals surface area (Å²) in [5, 5.41) is 4.87. The van der Waals surface area contributed by atoms with E-state index < -0.39 is 32.8 Å². The lowest BCUT2D eigenvalue weighted by molar-refractivity contribution is 0.0805. The lowest BCUT2D eigenvalue weighted by Crippen LogP contribution is -2.32.